The number of rotatable bonds is 8. The molecule has 8 heteroatoms. The van der Waals surface area contributed by atoms with Crippen molar-refractivity contribution in [1.29, 1.82) is 0 Å². The highest BCUT2D eigenvalue weighted by molar-refractivity contribution is 14.0. The van der Waals surface area contributed by atoms with Gasteiger partial charge in [-0.2, -0.15) is 0 Å². The van der Waals surface area contributed by atoms with Gasteiger partial charge in [-0.3, -0.25) is 9.89 Å². The van der Waals surface area contributed by atoms with E-state index in [-0.39, 0.29) is 40.9 Å². The van der Waals surface area contributed by atoms with Crippen LogP contribution in [0.15, 0.2) is 29.3 Å². The molecule has 0 atom stereocenters. The van der Waals surface area contributed by atoms with Crippen molar-refractivity contribution in [2.75, 3.05) is 50.8 Å². The fourth-order valence-corrected chi connectivity index (χ4v) is 4.48. The smallest absolute Gasteiger partial charge is 0.191 e. The molecule has 29 heavy (non-hydrogen) atoms. The minimum absolute atomic E-state index is 0. The fourth-order valence-electron chi connectivity index (χ4n) is 3.21. The summed E-state index contributed by atoms with van der Waals surface area (Å²) in [5.41, 5.74) is 2.60. The minimum Gasteiger partial charge on any atom is -0.357 e. The summed E-state index contributed by atoms with van der Waals surface area (Å²) >= 11 is 0. The van der Waals surface area contributed by atoms with Gasteiger partial charge in [0.05, 0.1) is 18.1 Å². The second kappa shape index (κ2) is 12.1. The summed E-state index contributed by atoms with van der Waals surface area (Å²) in [5, 5.41) is 6.68. The number of hydrogen-bond donors (Lipinski definition) is 2. The van der Waals surface area contributed by atoms with Crippen LogP contribution in [0.2, 0.25) is 0 Å². The molecule has 2 N–H and O–H groups in total. The molecule has 0 bridgehead atoms. The van der Waals surface area contributed by atoms with E-state index in [0.29, 0.717) is 19.6 Å². The van der Waals surface area contributed by atoms with Crippen LogP contribution in [0.1, 0.15) is 38.8 Å². The predicted octanol–water partition coefficient (Wildman–Crippen LogP) is 2.43. The first-order chi connectivity index (χ1) is 13.3. The minimum atomic E-state index is -2.82. The molecule has 1 aliphatic rings. The van der Waals surface area contributed by atoms with Crippen LogP contribution in [-0.2, 0) is 21.7 Å². The van der Waals surface area contributed by atoms with E-state index in [1.54, 1.807) is 0 Å². The Balaban J connectivity index is 0.00000420. The Labute approximate surface area is 193 Å². The van der Waals surface area contributed by atoms with Crippen LogP contribution in [0.25, 0.3) is 0 Å². The van der Waals surface area contributed by atoms with E-state index in [2.05, 4.69) is 67.5 Å². The molecule has 0 aromatic heterocycles. The number of guanidine groups is 1. The monoisotopic (exact) mass is 536 g/mol. The fraction of sp³-hybridized carbons (Fsp3) is 0.667. The van der Waals surface area contributed by atoms with Gasteiger partial charge < -0.3 is 10.6 Å². The zero-order valence-corrected chi connectivity index (χ0v) is 21.3. The molecule has 1 aromatic carbocycles. The van der Waals surface area contributed by atoms with E-state index < -0.39 is 9.84 Å². The third-order valence-corrected chi connectivity index (χ3v) is 6.89. The molecule has 0 saturated carbocycles. The molecule has 0 amide bonds. The molecule has 0 radical (unpaired) electrons. The highest BCUT2D eigenvalue weighted by Crippen LogP contribution is 2.24. The first-order valence-corrected chi connectivity index (χ1v) is 12.1. The van der Waals surface area contributed by atoms with Crippen LogP contribution in [0.3, 0.4) is 0 Å². The van der Waals surface area contributed by atoms with Crippen molar-refractivity contribution in [3.8, 4) is 0 Å². The molecule has 6 nitrogen and oxygen atoms in total. The van der Waals surface area contributed by atoms with Crippen molar-refractivity contribution >= 4 is 39.8 Å². The van der Waals surface area contributed by atoms with Gasteiger partial charge in [0.15, 0.2) is 15.8 Å². The number of sulfone groups is 1. The summed E-state index contributed by atoms with van der Waals surface area (Å²) in [5.74, 6) is 1.35. The molecule has 0 unspecified atom stereocenters. The van der Waals surface area contributed by atoms with Gasteiger partial charge in [0.25, 0.3) is 0 Å². The van der Waals surface area contributed by atoms with Gasteiger partial charge in [-0.25, -0.2) is 8.42 Å². The lowest BCUT2D eigenvalue weighted by atomic mass is 9.84. The molecule has 1 aromatic rings. The molecular weight excluding hydrogens is 499 g/mol. The Morgan fingerprint density at radius 3 is 2.28 bits per heavy atom. The predicted molar refractivity (Wildman–Crippen MR) is 133 cm³/mol. The standard InChI is InChI=1S/C21H36N4O2S.HI/c1-5-18-7-9-19(10-8-18)21(3,4)17-24-20(22-6-2)23-11-12-25-13-15-28(26,27)16-14-25;/h7-10H,5-6,11-17H2,1-4H3,(H2,22,23,24);1H. The van der Waals surface area contributed by atoms with Crippen molar-refractivity contribution in [3.63, 3.8) is 0 Å². The van der Waals surface area contributed by atoms with Crippen LogP contribution < -0.4 is 10.6 Å². The Kier molecular flexibility index (Phi) is 10.9. The Morgan fingerprint density at radius 2 is 1.72 bits per heavy atom. The van der Waals surface area contributed by atoms with E-state index in [9.17, 15) is 8.42 Å². The molecule has 1 saturated heterocycles. The normalized spacial score (nSPS) is 17.4. The number of aliphatic imine (C=N–C) groups is 1. The van der Waals surface area contributed by atoms with Gasteiger partial charge in [0.2, 0.25) is 0 Å². The molecule has 0 spiro atoms. The van der Waals surface area contributed by atoms with E-state index in [4.69, 9.17) is 4.99 Å². The molecule has 1 aliphatic heterocycles. The van der Waals surface area contributed by atoms with Crippen molar-refractivity contribution in [3.05, 3.63) is 35.4 Å². The summed E-state index contributed by atoms with van der Waals surface area (Å²) in [7, 11) is -2.82. The average molecular weight is 537 g/mol. The molecular formula is C21H37IN4O2S. The SMILES string of the molecule is CCNC(=NCC(C)(C)c1ccc(CC)cc1)NCCN1CCS(=O)(=O)CC1.I. The maximum Gasteiger partial charge on any atom is 0.191 e. The lowest BCUT2D eigenvalue weighted by Gasteiger charge is -2.27. The van der Waals surface area contributed by atoms with Crippen molar-refractivity contribution in [2.24, 2.45) is 4.99 Å². The first-order valence-electron chi connectivity index (χ1n) is 10.3. The molecule has 1 fully saturated rings. The lowest BCUT2D eigenvalue weighted by Crippen LogP contribution is -2.46. The Morgan fingerprint density at radius 1 is 1.10 bits per heavy atom. The Hall–Kier alpha value is -0.870. The first kappa shape index (κ1) is 26.2. The number of benzene rings is 1. The zero-order valence-electron chi connectivity index (χ0n) is 18.2. The number of nitrogens with zero attached hydrogens (tertiary/aromatic N) is 2. The molecule has 0 aliphatic carbocycles. The van der Waals surface area contributed by atoms with Gasteiger partial charge >= 0.3 is 0 Å². The summed E-state index contributed by atoms with van der Waals surface area (Å²) in [4.78, 5) is 6.98. The van der Waals surface area contributed by atoms with E-state index in [0.717, 1.165) is 32.0 Å². The van der Waals surface area contributed by atoms with Gasteiger partial charge in [-0.1, -0.05) is 45.0 Å². The summed E-state index contributed by atoms with van der Waals surface area (Å²) < 4.78 is 23.0. The molecule has 166 valence electrons. The van der Waals surface area contributed by atoms with Crippen molar-refractivity contribution in [1.82, 2.24) is 15.5 Å². The third kappa shape index (κ3) is 8.80. The third-order valence-electron chi connectivity index (χ3n) is 5.28. The van der Waals surface area contributed by atoms with Crippen molar-refractivity contribution < 1.29 is 8.42 Å². The molecule has 2 rings (SSSR count). The largest absolute Gasteiger partial charge is 0.357 e. The van der Waals surface area contributed by atoms with Crippen LogP contribution in [0.4, 0.5) is 0 Å². The highest BCUT2D eigenvalue weighted by Gasteiger charge is 2.22. The second-order valence-corrected chi connectivity index (χ2v) is 10.4. The number of aryl methyl sites for hydroxylation is 1. The van der Waals surface area contributed by atoms with E-state index in [1.165, 1.54) is 11.1 Å². The highest BCUT2D eigenvalue weighted by atomic mass is 127. The number of nitrogens with one attached hydrogen (secondary N) is 2. The van der Waals surface area contributed by atoms with Gasteiger partial charge in [0, 0.05) is 38.1 Å². The average Bonchev–Trinajstić information content (AvgIpc) is 2.67. The summed E-state index contributed by atoms with van der Waals surface area (Å²) in [6.07, 6.45) is 1.05. The topological polar surface area (TPSA) is 73.8 Å². The van der Waals surface area contributed by atoms with Crippen LogP contribution in [0.5, 0.6) is 0 Å². The zero-order chi connectivity index (χ0) is 20.6. The summed E-state index contributed by atoms with van der Waals surface area (Å²) in [6.45, 7) is 13.0. The number of halogens is 1. The van der Waals surface area contributed by atoms with Gasteiger partial charge in [0.1, 0.15) is 0 Å². The van der Waals surface area contributed by atoms with Crippen LogP contribution in [-0.4, -0.2) is 70.1 Å². The van der Waals surface area contributed by atoms with Gasteiger partial charge in [-0.15, -0.1) is 24.0 Å². The van der Waals surface area contributed by atoms with Crippen LogP contribution >= 0.6 is 24.0 Å². The van der Waals surface area contributed by atoms with Gasteiger partial charge in [-0.05, 0) is 24.5 Å². The Bertz CT molecular complexity index is 734. The lowest BCUT2D eigenvalue weighted by molar-refractivity contribution is 0.299. The maximum atomic E-state index is 11.5. The molecule has 1 heterocycles. The number of hydrogen-bond acceptors (Lipinski definition) is 4. The van der Waals surface area contributed by atoms with E-state index >= 15 is 0 Å². The maximum absolute atomic E-state index is 11.5. The van der Waals surface area contributed by atoms with E-state index in [1.807, 2.05) is 0 Å². The summed E-state index contributed by atoms with van der Waals surface area (Å²) in [6, 6.07) is 8.81. The second-order valence-electron chi connectivity index (χ2n) is 8.05. The quantitative estimate of drug-likeness (QED) is 0.304. The van der Waals surface area contributed by atoms with Crippen LogP contribution in [0, 0.1) is 0 Å². The van der Waals surface area contributed by atoms with Crippen molar-refractivity contribution in [2.45, 2.75) is 39.5 Å².